The van der Waals surface area contributed by atoms with Crippen LogP contribution in [0.3, 0.4) is 0 Å². The Hall–Kier alpha value is -1.35. The zero-order chi connectivity index (χ0) is 10.1. The number of nitrogens with zero attached hydrogens (tertiary/aromatic N) is 1. The number of ketones is 1. The molecule has 1 aliphatic heterocycles. The second-order valence-electron chi connectivity index (χ2n) is 3.12. The molecular formula is C10H8ClNO2. The molecular weight excluding hydrogens is 202 g/mol. The van der Waals surface area contributed by atoms with E-state index in [4.69, 9.17) is 11.6 Å². The van der Waals surface area contributed by atoms with Gasteiger partial charge in [-0.15, -0.1) is 0 Å². The Labute approximate surface area is 86.3 Å². The van der Waals surface area contributed by atoms with Crippen molar-refractivity contribution in [2.24, 2.45) is 0 Å². The van der Waals surface area contributed by atoms with Crippen molar-refractivity contribution >= 4 is 29.5 Å². The molecule has 14 heavy (non-hydrogen) atoms. The number of rotatable bonds is 1. The number of Topliss-reactive ketones (excluding diaryl/α,β-unsaturated/α-hetero) is 1. The molecule has 0 saturated heterocycles. The van der Waals surface area contributed by atoms with Crippen molar-refractivity contribution in [3.8, 4) is 0 Å². The normalized spacial score (nSPS) is 20.5. The minimum absolute atomic E-state index is 0.141. The van der Waals surface area contributed by atoms with Crippen molar-refractivity contribution in [3.05, 3.63) is 29.8 Å². The van der Waals surface area contributed by atoms with Gasteiger partial charge in [0.05, 0.1) is 0 Å². The molecule has 1 aromatic carbocycles. The largest absolute Gasteiger partial charge is 0.296 e. The van der Waals surface area contributed by atoms with Crippen LogP contribution in [0.15, 0.2) is 24.3 Å². The fraction of sp³-hybridized carbons (Fsp3) is 0.200. The summed E-state index contributed by atoms with van der Waals surface area (Å²) in [5.41, 5.74) is 0.714. The average molecular weight is 210 g/mol. The second kappa shape index (κ2) is 3.42. The summed E-state index contributed by atoms with van der Waals surface area (Å²) in [6, 6.07) is 7.26. The van der Waals surface area contributed by atoms with Crippen LogP contribution in [0, 0.1) is 0 Å². The van der Waals surface area contributed by atoms with Crippen LogP contribution < -0.4 is 4.90 Å². The van der Waals surface area contributed by atoms with E-state index in [-0.39, 0.29) is 5.78 Å². The van der Waals surface area contributed by atoms with Crippen LogP contribution in [0.25, 0.3) is 0 Å². The van der Waals surface area contributed by atoms with E-state index in [1.54, 1.807) is 6.07 Å². The fourth-order valence-electron chi connectivity index (χ4n) is 1.57. The van der Waals surface area contributed by atoms with Crippen LogP contribution >= 0.6 is 11.6 Å². The highest BCUT2D eigenvalue weighted by Crippen LogP contribution is 2.28. The van der Waals surface area contributed by atoms with Gasteiger partial charge in [-0.25, -0.2) is 0 Å². The highest BCUT2D eigenvalue weighted by molar-refractivity contribution is 6.34. The number of fused-ring (bicyclic) bond motifs is 1. The molecule has 0 aromatic heterocycles. The minimum Gasteiger partial charge on any atom is -0.296 e. The van der Waals surface area contributed by atoms with E-state index in [0.717, 1.165) is 11.3 Å². The lowest BCUT2D eigenvalue weighted by molar-refractivity contribution is -0.120. The monoisotopic (exact) mass is 209 g/mol. The van der Waals surface area contributed by atoms with Gasteiger partial charge in [0.25, 0.3) is 0 Å². The van der Waals surface area contributed by atoms with Crippen molar-refractivity contribution in [2.75, 3.05) is 4.90 Å². The first-order valence-corrected chi connectivity index (χ1v) is 4.66. The number of halogens is 1. The molecule has 0 fully saturated rings. The van der Waals surface area contributed by atoms with Gasteiger partial charge in [0, 0.05) is 12.1 Å². The SMILES string of the molecule is O=CN1c2ccccc2CC(=O)C1Cl. The van der Waals surface area contributed by atoms with E-state index in [0.29, 0.717) is 12.8 Å². The predicted molar refractivity (Wildman–Crippen MR) is 53.3 cm³/mol. The highest BCUT2D eigenvalue weighted by Gasteiger charge is 2.30. The van der Waals surface area contributed by atoms with Gasteiger partial charge in [-0.3, -0.25) is 14.5 Å². The molecule has 72 valence electrons. The highest BCUT2D eigenvalue weighted by atomic mass is 35.5. The summed E-state index contributed by atoms with van der Waals surface area (Å²) in [5.74, 6) is -0.141. The van der Waals surface area contributed by atoms with Gasteiger partial charge in [0.15, 0.2) is 11.3 Å². The van der Waals surface area contributed by atoms with Gasteiger partial charge in [-0.05, 0) is 11.6 Å². The lowest BCUT2D eigenvalue weighted by atomic mass is 10.0. The van der Waals surface area contributed by atoms with Crippen LogP contribution in [-0.2, 0) is 16.0 Å². The standard InChI is InChI=1S/C10H8ClNO2/c11-10-9(14)5-7-3-1-2-4-8(7)12(10)6-13/h1-4,6,10H,5H2. The van der Waals surface area contributed by atoms with Gasteiger partial charge in [-0.1, -0.05) is 29.8 Å². The van der Waals surface area contributed by atoms with Gasteiger partial charge >= 0.3 is 0 Å². The molecule has 1 aliphatic rings. The maximum absolute atomic E-state index is 11.4. The van der Waals surface area contributed by atoms with E-state index in [1.165, 1.54) is 4.90 Å². The number of amides is 1. The van der Waals surface area contributed by atoms with Crippen molar-refractivity contribution in [1.82, 2.24) is 0 Å². The third-order valence-electron chi connectivity index (χ3n) is 2.26. The number of benzene rings is 1. The Balaban J connectivity index is 2.52. The summed E-state index contributed by atoms with van der Waals surface area (Å²) in [5, 5.41) is 0. The third kappa shape index (κ3) is 1.30. The lowest BCUT2D eigenvalue weighted by Gasteiger charge is -2.29. The number of anilines is 1. The fourth-order valence-corrected chi connectivity index (χ4v) is 1.80. The summed E-state index contributed by atoms with van der Waals surface area (Å²) < 4.78 is 0. The van der Waals surface area contributed by atoms with Crippen molar-refractivity contribution < 1.29 is 9.59 Å². The van der Waals surface area contributed by atoms with E-state index in [2.05, 4.69) is 0 Å². The zero-order valence-electron chi connectivity index (χ0n) is 7.31. The molecule has 0 radical (unpaired) electrons. The molecule has 1 unspecified atom stereocenters. The average Bonchev–Trinajstić information content (AvgIpc) is 2.20. The molecule has 4 heteroatoms. The number of carbonyl (C=O) groups excluding carboxylic acids is 2. The van der Waals surface area contributed by atoms with E-state index < -0.39 is 5.50 Å². The number of hydrogen-bond acceptors (Lipinski definition) is 2. The smallest absolute Gasteiger partial charge is 0.215 e. The van der Waals surface area contributed by atoms with Crippen LogP contribution in [0.1, 0.15) is 5.56 Å². The maximum Gasteiger partial charge on any atom is 0.215 e. The molecule has 0 bridgehead atoms. The molecule has 3 nitrogen and oxygen atoms in total. The first-order chi connectivity index (χ1) is 6.74. The molecule has 0 saturated carbocycles. The van der Waals surface area contributed by atoms with Crippen LogP contribution in [-0.4, -0.2) is 17.7 Å². The number of alkyl halides is 1. The van der Waals surface area contributed by atoms with Crippen molar-refractivity contribution in [2.45, 2.75) is 11.9 Å². The zero-order valence-corrected chi connectivity index (χ0v) is 8.07. The molecule has 0 N–H and O–H groups in total. The summed E-state index contributed by atoms with van der Waals surface area (Å²) in [4.78, 5) is 23.4. The topological polar surface area (TPSA) is 37.4 Å². The van der Waals surface area contributed by atoms with E-state index in [1.807, 2.05) is 18.2 Å². The van der Waals surface area contributed by atoms with E-state index in [9.17, 15) is 9.59 Å². The predicted octanol–water partition coefficient (Wildman–Crippen LogP) is 1.34. The van der Waals surface area contributed by atoms with Gasteiger partial charge in [-0.2, -0.15) is 0 Å². The summed E-state index contributed by atoms with van der Waals surface area (Å²) in [7, 11) is 0. The number of carbonyl (C=O) groups is 2. The Kier molecular flexibility index (Phi) is 2.25. The molecule has 1 aromatic rings. The molecule has 1 heterocycles. The Morgan fingerprint density at radius 3 is 2.86 bits per heavy atom. The maximum atomic E-state index is 11.4. The third-order valence-corrected chi connectivity index (χ3v) is 2.71. The van der Waals surface area contributed by atoms with Gasteiger partial charge in [0.2, 0.25) is 6.41 Å². The summed E-state index contributed by atoms with van der Waals surface area (Å²) in [6.45, 7) is 0. The molecule has 2 rings (SSSR count). The summed E-state index contributed by atoms with van der Waals surface area (Å²) >= 11 is 5.81. The molecule has 0 aliphatic carbocycles. The minimum atomic E-state index is -0.859. The van der Waals surface area contributed by atoms with Crippen molar-refractivity contribution in [1.29, 1.82) is 0 Å². The molecule has 1 amide bonds. The molecule has 0 spiro atoms. The number of para-hydroxylation sites is 1. The quantitative estimate of drug-likeness (QED) is 0.398. The van der Waals surface area contributed by atoms with E-state index >= 15 is 0 Å². The van der Waals surface area contributed by atoms with Gasteiger partial charge < -0.3 is 0 Å². The number of hydrogen-bond donors (Lipinski definition) is 0. The van der Waals surface area contributed by atoms with Crippen LogP contribution in [0.4, 0.5) is 5.69 Å². The second-order valence-corrected chi connectivity index (χ2v) is 3.53. The first kappa shape index (κ1) is 9.21. The van der Waals surface area contributed by atoms with Gasteiger partial charge in [0.1, 0.15) is 0 Å². The van der Waals surface area contributed by atoms with Crippen LogP contribution in [0.5, 0.6) is 0 Å². The summed E-state index contributed by atoms with van der Waals surface area (Å²) in [6.07, 6.45) is 0.891. The van der Waals surface area contributed by atoms with Crippen molar-refractivity contribution in [3.63, 3.8) is 0 Å². The van der Waals surface area contributed by atoms with Crippen LogP contribution in [0.2, 0.25) is 0 Å². The first-order valence-electron chi connectivity index (χ1n) is 4.22. The Morgan fingerprint density at radius 1 is 1.43 bits per heavy atom. The lowest BCUT2D eigenvalue weighted by Crippen LogP contribution is -2.41. The molecule has 1 atom stereocenters. The Morgan fingerprint density at radius 2 is 2.14 bits per heavy atom. The Bertz CT molecular complexity index is 391.